The molecule has 0 aromatic heterocycles. The number of ether oxygens (including phenoxy) is 1. The number of carbonyl (C=O) groups is 8. The Bertz CT molecular complexity index is 2040. The Morgan fingerprint density at radius 1 is 0.800 bits per heavy atom. The summed E-state index contributed by atoms with van der Waals surface area (Å²) in [5.41, 5.74) is 1.64. The number of nitrogens with one attached hydrogen (secondary N) is 6. The van der Waals surface area contributed by atoms with Gasteiger partial charge in [0, 0.05) is 19.8 Å². The number of amides is 6. The average molecular weight is 825 g/mol. The third kappa shape index (κ3) is 12.7. The molecule has 7 N–H and O–H groups in total. The minimum Gasteiger partial charge on any atom is -0.479 e. The SMILES string of the molecule is CCCC(NC(=O)[C@@H]1Cc2cccc(c2)Oc2ccc(cc2)C[C@@H](NC(C)=O)C(=O)N[C@@H](C2CCCCC2)C(=O)N1)C(=O)C(=O)NCC(=O)N[C@H](C(=O)O)c1ccccc1. The topological polar surface area (TPSA) is 238 Å². The smallest absolute Gasteiger partial charge is 0.330 e. The number of aliphatic carboxylic acids is 1. The number of ketones is 1. The van der Waals surface area contributed by atoms with Crippen LogP contribution < -0.4 is 36.6 Å². The van der Waals surface area contributed by atoms with Gasteiger partial charge in [0.05, 0.1) is 12.6 Å². The van der Waals surface area contributed by atoms with Crippen LogP contribution in [0.15, 0.2) is 78.9 Å². The van der Waals surface area contributed by atoms with Gasteiger partial charge in [-0.05, 0) is 66.1 Å². The first-order valence-electron chi connectivity index (χ1n) is 20.2. The first-order chi connectivity index (χ1) is 28.8. The van der Waals surface area contributed by atoms with E-state index in [1.54, 1.807) is 73.7 Å². The summed E-state index contributed by atoms with van der Waals surface area (Å²) in [5, 5.41) is 25.2. The maximum absolute atomic E-state index is 14.4. The third-order valence-electron chi connectivity index (χ3n) is 10.5. The van der Waals surface area contributed by atoms with E-state index >= 15 is 0 Å². The van der Waals surface area contributed by atoms with Gasteiger partial charge in [-0.25, -0.2) is 4.79 Å². The van der Waals surface area contributed by atoms with Crippen molar-refractivity contribution in [3.63, 3.8) is 0 Å². The molecule has 1 aliphatic carbocycles. The van der Waals surface area contributed by atoms with E-state index in [9.17, 15) is 43.5 Å². The van der Waals surface area contributed by atoms with Gasteiger partial charge in [-0.2, -0.15) is 0 Å². The summed E-state index contributed by atoms with van der Waals surface area (Å²) in [6.07, 6.45) is 4.38. The minimum atomic E-state index is -1.40. The highest BCUT2D eigenvalue weighted by atomic mass is 16.5. The second kappa shape index (κ2) is 21.4. The third-order valence-corrected chi connectivity index (χ3v) is 10.5. The fraction of sp³-hybridized carbons (Fsp3) is 0.409. The van der Waals surface area contributed by atoms with Crippen LogP contribution in [0, 0.1) is 5.92 Å². The zero-order chi connectivity index (χ0) is 43.2. The summed E-state index contributed by atoms with van der Waals surface area (Å²) in [6, 6.07) is 15.8. The largest absolute Gasteiger partial charge is 0.479 e. The molecule has 60 heavy (non-hydrogen) atoms. The van der Waals surface area contributed by atoms with Gasteiger partial charge < -0.3 is 41.7 Å². The highest BCUT2D eigenvalue weighted by Gasteiger charge is 2.37. The summed E-state index contributed by atoms with van der Waals surface area (Å²) in [6.45, 7) is 2.33. The van der Waals surface area contributed by atoms with Crippen LogP contribution in [0.25, 0.3) is 0 Å². The summed E-state index contributed by atoms with van der Waals surface area (Å²) < 4.78 is 6.09. The van der Waals surface area contributed by atoms with Crippen molar-refractivity contribution >= 4 is 47.2 Å². The van der Waals surface area contributed by atoms with Gasteiger partial charge in [-0.1, -0.05) is 87.2 Å². The summed E-state index contributed by atoms with van der Waals surface area (Å²) in [7, 11) is 0. The van der Waals surface area contributed by atoms with Crippen LogP contribution in [0.5, 0.6) is 11.5 Å². The van der Waals surface area contributed by atoms with Crippen molar-refractivity contribution in [3.8, 4) is 11.5 Å². The van der Waals surface area contributed by atoms with E-state index < -0.39 is 83.9 Å². The normalized spacial score (nSPS) is 19.5. The summed E-state index contributed by atoms with van der Waals surface area (Å²) in [5.74, 6) is -6.16. The van der Waals surface area contributed by atoms with E-state index in [2.05, 4.69) is 31.9 Å². The molecule has 0 saturated heterocycles. The molecule has 0 radical (unpaired) electrons. The Morgan fingerprint density at radius 2 is 1.52 bits per heavy atom. The van der Waals surface area contributed by atoms with Gasteiger partial charge in [0.2, 0.25) is 35.3 Å². The molecule has 3 aromatic carbocycles. The lowest BCUT2D eigenvalue weighted by Gasteiger charge is -2.32. The minimum absolute atomic E-state index is 0.0349. The molecule has 2 aliphatic heterocycles. The lowest BCUT2D eigenvalue weighted by Crippen LogP contribution is -2.60. The van der Waals surface area contributed by atoms with Gasteiger partial charge in [-0.3, -0.25) is 33.6 Å². The number of Topliss-reactive ketones (excluding diaryl/α,β-unsaturated/α-hetero) is 1. The number of carbonyl (C=O) groups excluding carboxylic acids is 7. The Morgan fingerprint density at radius 3 is 2.18 bits per heavy atom. The molecule has 1 saturated carbocycles. The molecule has 16 heteroatoms. The number of hydrogen-bond acceptors (Lipinski definition) is 9. The van der Waals surface area contributed by atoms with Crippen LogP contribution in [0.3, 0.4) is 0 Å². The van der Waals surface area contributed by atoms with Crippen molar-refractivity contribution in [1.29, 1.82) is 0 Å². The number of carboxylic acids is 1. The second-order valence-electron chi connectivity index (χ2n) is 15.1. The van der Waals surface area contributed by atoms with E-state index in [1.807, 2.05) is 0 Å². The number of benzene rings is 3. The number of carboxylic acid groups (broad SMARTS) is 1. The molecule has 3 aliphatic rings. The van der Waals surface area contributed by atoms with Gasteiger partial charge in [-0.15, -0.1) is 0 Å². The molecule has 6 amide bonds. The second-order valence-corrected chi connectivity index (χ2v) is 15.1. The van der Waals surface area contributed by atoms with Gasteiger partial charge in [0.25, 0.3) is 5.91 Å². The van der Waals surface area contributed by atoms with E-state index in [4.69, 9.17) is 4.74 Å². The summed E-state index contributed by atoms with van der Waals surface area (Å²) >= 11 is 0. The van der Waals surface area contributed by atoms with Crippen LogP contribution >= 0.6 is 0 Å². The first kappa shape index (κ1) is 44.5. The molecule has 6 rings (SSSR count). The molecule has 1 unspecified atom stereocenters. The van der Waals surface area contributed by atoms with Crippen LogP contribution in [-0.2, 0) is 51.2 Å². The molecular weight excluding hydrogens is 773 g/mol. The maximum atomic E-state index is 14.4. The molecule has 5 atom stereocenters. The molecule has 4 bridgehead atoms. The number of rotatable bonds is 13. The van der Waals surface area contributed by atoms with Crippen molar-refractivity contribution in [2.75, 3.05) is 6.54 Å². The first-order valence-corrected chi connectivity index (χ1v) is 20.2. The zero-order valence-electron chi connectivity index (χ0n) is 33.7. The zero-order valence-corrected chi connectivity index (χ0v) is 33.7. The van der Waals surface area contributed by atoms with E-state index in [1.165, 1.54) is 19.1 Å². The quantitative estimate of drug-likeness (QED) is 0.124. The van der Waals surface area contributed by atoms with Crippen LogP contribution in [0.4, 0.5) is 0 Å². The van der Waals surface area contributed by atoms with Crippen LogP contribution in [-0.4, -0.2) is 83.0 Å². The van der Waals surface area contributed by atoms with Crippen molar-refractivity contribution in [3.05, 3.63) is 95.6 Å². The molecule has 318 valence electrons. The predicted octanol–water partition coefficient (Wildman–Crippen LogP) is 2.54. The predicted molar refractivity (Wildman–Crippen MR) is 218 cm³/mol. The molecule has 3 aromatic rings. The Balaban J connectivity index is 1.38. The molecular formula is C44H52N6O10. The Hall–Kier alpha value is -6.58. The fourth-order valence-corrected chi connectivity index (χ4v) is 7.46. The van der Waals surface area contributed by atoms with Crippen molar-refractivity contribution < 1.29 is 48.2 Å². The highest BCUT2D eigenvalue weighted by molar-refractivity contribution is 6.38. The van der Waals surface area contributed by atoms with Crippen molar-refractivity contribution in [2.24, 2.45) is 5.92 Å². The average Bonchev–Trinajstić information content (AvgIpc) is 3.23. The van der Waals surface area contributed by atoms with Crippen LogP contribution in [0.1, 0.15) is 81.5 Å². The highest BCUT2D eigenvalue weighted by Crippen LogP contribution is 2.28. The monoisotopic (exact) mass is 824 g/mol. The lowest BCUT2D eigenvalue weighted by molar-refractivity contribution is -0.142. The molecule has 0 spiro atoms. The molecule has 1 fully saturated rings. The fourth-order valence-electron chi connectivity index (χ4n) is 7.46. The van der Waals surface area contributed by atoms with E-state index in [0.29, 0.717) is 41.9 Å². The maximum Gasteiger partial charge on any atom is 0.330 e. The number of hydrogen-bond donors (Lipinski definition) is 7. The lowest BCUT2D eigenvalue weighted by atomic mass is 9.83. The van der Waals surface area contributed by atoms with Crippen LogP contribution in [0.2, 0.25) is 0 Å². The summed E-state index contributed by atoms with van der Waals surface area (Å²) in [4.78, 5) is 106. The Labute approximate surface area is 348 Å². The van der Waals surface area contributed by atoms with Crippen molar-refractivity contribution in [1.82, 2.24) is 31.9 Å². The van der Waals surface area contributed by atoms with Crippen molar-refractivity contribution in [2.45, 2.75) is 102 Å². The van der Waals surface area contributed by atoms with E-state index in [0.717, 1.165) is 24.8 Å². The number of fused-ring (bicyclic) bond motifs is 10. The van der Waals surface area contributed by atoms with E-state index in [-0.39, 0.29) is 25.2 Å². The van der Waals surface area contributed by atoms with Gasteiger partial charge in [0.1, 0.15) is 29.6 Å². The molecule has 2 heterocycles. The Kier molecular flexibility index (Phi) is 15.9. The molecule has 16 nitrogen and oxygen atoms in total. The van der Waals surface area contributed by atoms with Gasteiger partial charge in [0.15, 0.2) is 6.04 Å². The standard InChI is InChI=1S/C44H52N6O10/c1-3-11-33(39(53)43(57)45-25-36(52)49-38(44(58)59)30-15-8-5-9-16-30)47-40(54)35-24-28-12-10-17-32(22-28)60-31-20-18-27(19-21-31)23-34(46-26(2)51)41(55)50-37(42(56)48-35)29-13-6-4-7-14-29/h5,8-10,12,15-22,29,33-35,37-38H,3-4,6-7,11,13-14,23-25H2,1-2H3,(H,45,57)(H,46,51)(H,47,54)(H,48,56)(H,49,52)(H,50,55)(H,58,59)/t33?,34-,35+,37+,38+/m1/s1. The van der Waals surface area contributed by atoms with Gasteiger partial charge >= 0.3 is 5.97 Å².